The van der Waals surface area contributed by atoms with Gasteiger partial charge in [-0.2, -0.15) is 0 Å². The number of morpholine rings is 1. The van der Waals surface area contributed by atoms with E-state index in [4.69, 9.17) is 4.74 Å². The number of halogens is 1. The van der Waals surface area contributed by atoms with Gasteiger partial charge < -0.3 is 15.4 Å². The molecule has 0 saturated carbocycles. The summed E-state index contributed by atoms with van der Waals surface area (Å²) in [6.07, 6.45) is 0. The summed E-state index contributed by atoms with van der Waals surface area (Å²) < 4.78 is 5.54. The minimum atomic E-state index is 0. The summed E-state index contributed by atoms with van der Waals surface area (Å²) in [5, 5.41) is 9.53. The van der Waals surface area contributed by atoms with Crippen molar-refractivity contribution in [2.45, 2.75) is 38.9 Å². The lowest BCUT2D eigenvalue weighted by molar-refractivity contribution is -0.0174. The van der Waals surface area contributed by atoms with Crippen LogP contribution in [0.15, 0.2) is 47.5 Å². The van der Waals surface area contributed by atoms with Crippen molar-refractivity contribution in [1.29, 1.82) is 0 Å². The molecule has 28 heavy (non-hydrogen) atoms. The molecule has 1 aliphatic heterocycles. The first-order valence-electron chi connectivity index (χ1n) is 9.88. The summed E-state index contributed by atoms with van der Waals surface area (Å²) in [5.41, 5.74) is 1.26. The summed E-state index contributed by atoms with van der Waals surface area (Å²) >= 11 is 0. The fourth-order valence-corrected chi connectivity index (χ4v) is 3.72. The fraction of sp³-hybridized carbons (Fsp3) is 0.500. The van der Waals surface area contributed by atoms with Gasteiger partial charge in [0.1, 0.15) is 0 Å². The van der Waals surface area contributed by atoms with Gasteiger partial charge in [0, 0.05) is 32.2 Å². The quantitative estimate of drug-likeness (QED) is 0.376. The number of guanidine groups is 1. The molecule has 1 aliphatic rings. The summed E-state index contributed by atoms with van der Waals surface area (Å²) in [4.78, 5) is 6.90. The van der Waals surface area contributed by atoms with Crippen LogP contribution in [0.3, 0.4) is 0 Å². The van der Waals surface area contributed by atoms with Crippen LogP contribution in [-0.2, 0) is 4.74 Å². The standard InChI is InChI=1S/C22H32N4O.HI/c1-16(26-11-12-27-15-17(26)2)14-24-22(23-4)25-18(3)20-10-9-19-7-5-6-8-21(19)13-20;/h5-10,13,16-18H,11-12,14-15H2,1-4H3,(H2,23,24,25);1H. The summed E-state index contributed by atoms with van der Waals surface area (Å²) in [5.74, 6) is 0.837. The number of ether oxygens (including phenoxy) is 1. The van der Waals surface area contributed by atoms with Crippen LogP contribution in [0.25, 0.3) is 10.8 Å². The van der Waals surface area contributed by atoms with Crippen LogP contribution in [0.1, 0.15) is 32.4 Å². The van der Waals surface area contributed by atoms with Crippen LogP contribution in [0, 0.1) is 0 Å². The lowest BCUT2D eigenvalue weighted by Crippen LogP contribution is -2.53. The third-order valence-electron chi connectivity index (χ3n) is 5.40. The Kier molecular flexibility index (Phi) is 8.98. The fourth-order valence-electron chi connectivity index (χ4n) is 3.72. The zero-order valence-corrected chi connectivity index (χ0v) is 19.6. The summed E-state index contributed by atoms with van der Waals surface area (Å²) in [7, 11) is 1.82. The van der Waals surface area contributed by atoms with Crippen LogP contribution < -0.4 is 10.6 Å². The maximum absolute atomic E-state index is 5.54. The molecular formula is C22H33IN4O. The predicted molar refractivity (Wildman–Crippen MR) is 129 cm³/mol. The minimum absolute atomic E-state index is 0. The van der Waals surface area contributed by atoms with E-state index in [9.17, 15) is 0 Å². The van der Waals surface area contributed by atoms with Gasteiger partial charge in [-0.05, 0) is 43.2 Å². The van der Waals surface area contributed by atoms with E-state index in [1.807, 2.05) is 7.05 Å². The Morgan fingerprint density at radius 1 is 1.21 bits per heavy atom. The van der Waals surface area contributed by atoms with Gasteiger partial charge in [0.15, 0.2) is 5.96 Å². The zero-order valence-electron chi connectivity index (χ0n) is 17.3. The second-order valence-corrected chi connectivity index (χ2v) is 7.44. The average Bonchev–Trinajstić information content (AvgIpc) is 2.70. The van der Waals surface area contributed by atoms with Crippen molar-refractivity contribution in [3.63, 3.8) is 0 Å². The molecule has 0 aliphatic carbocycles. The number of hydrogen-bond donors (Lipinski definition) is 2. The molecular weight excluding hydrogens is 463 g/mol. The Morgan fingerprint density at radius 3 is 2.68 bits per heavy atom. The minimum Gasteiger partial charge on any atom is -0.379 e. The second-order valence-electron chi connectivity index (χ2n) is 7.44. The van der Waals surface area contributed by atoms with E-state index in [2.05, 4.69) is 83.8 Å². The smallest absolute Gasteiger partial charge is 0.191 e. The molecule has 3 unspecified atom stereocenters. The maximum Gasteiger partial charge on any atom is 0.191 e. The summed E-state index contributed by atoms with van der Waals surface area (Å²) in [6.45, 7) is 10.1. The molecule has 5 nitrogen and oxygen atoms in total. The maximum atomic E-state index is 5.54. The molecule has 2 aromatic carbocycles. The highest BCUT2D eigenvalue weighted by molar-refractivity contribution is 14.0. The topological polar surface area (TPSA) is 48.9 Å². The van der Waals surface area contributed by atoms with E-state index >= 15 is 0 Å². The number of rotatable bonds is 5. The van der Waals surface area contributed by atoms with Gasteiger partial charge in [-0.25, -0.2) is 0 Å². The highest BCUT2D eigenvalue weighted by Gasteiger charge is 2.23. The molecule has 2 N–H and O–H groups in total. The molecule has 6 heteroatoms. The van der Waals surface area contributed by atoms with Gasteiger partial charge in [-0.15, -0.1) is 24.0 Å². The van der Waals surface area contributed by atoms with Gasteiger partial charge in [-0.3, -0.25) is 9.89 Å². The van der Waals surface area contributed by atoms with Crippen LogP contribution in [0.2, 0.25) is 0 Å². The predicted octanol–water partition coefficient (Wildman–Crippen LogP) is 3.79. The van der Waals surface area contributed by atoms with Crippen molar-refractivity contribution in [3.05, 3.63) is 48.0 Å². The van der Waals surface area contributed by atoms with Gasteiger partial charge >= 0.3 is 0 Å². The van der Waals surface area contributed by atoms with Crippen molar-refractivity contribution in [2.75, 3.05) is 33.4 Å². The van der Waals surface area contributed by atoms with E-state index in [0.29, 0.717) is 12.1 Å². The van der Waals surface area contributed by atoms with Crippen molar-refractivity contribution >= 4 is 40.7 Å². The van der Waals surface area contributed by atoms with Gasteiger partial charge in [0.2, 0.25) is 0 Å². The van der Waals surface area contributed by atoms with E-state index in [-0.39, 0.29) is 30.0 Å². The molecule has 1 saturated heterocycles. The van der Waals surface area contributed by atoms with E-state index in [1.165, 1.54) is 16.3 Å². The lowest BCUT2D eigenvalue weighted by Gasteiger charge is -2.38. The van der Waals surface area contributed by atoms with E-state index in [1.54, 1.807) is 0 Å². The molecule has 2 aromatic rings. The first-order chi connectivity index (χ1) is 13.1. The Labute approximate surface area is 185 Å². The van der Waals surface area contributed by atoms with E-state index < -0.39 is 0 Å². The molecule has 1 fully saturated rings. The van der Waals surface area contributed by atoms with Gasteiger partial charge in [-0.1, -0.05) is 36.4 Å². The molecule has 3 atom stereocenters. The molecule has 0 radical (unpaired) electrons. The zero-order chi connectivity index (χ0) is 19.2. The summed E-state index contributed by atoms with van der Waals surface area (Å²) in [6, 6.07) is 16.1. The molecule has 0 aromatic heterocycles. The first kappa shape index (κ1) is 22.9. The van der Waals surface area contributed by atoms with Crippen molar-refractivity contribution < 1.29 is 4.74 Å². The third-order valence-corrected chi connectivity index (χ3v) is 5.40. The molecule has 3 rings (SSSR count). The van der Waals surface area contributed by atoms with Gasteiger partial charge in [0.25, 0.3) is 0 Å². The Morgan fingerprint density at radius 2 is 1.96 bits per heavy atom. The average molecular weight is 496 g/mol. The molecule has 1 heterocycles. The molecule has 0 bridgehead atoms. The van der Waals surface area contributed by atoms with Crippen LogP contribution in [0.4, 0.5) is 0 Å². The number of hydrogen-bond acceptors (Lipinski definition) is 3. The Balaban J connectivity index is 0.00000280. The Bertz CT molecular complexity index is 782. The molecule has 154 valence electrons. The number of aliphatic imine (C=N–C) groups is 1. The highest BCUT2D eigenvalue weighted by Crippen LogP contribution is 2.20. The van der Waals surface area contributed by atoms with Crippen molar-refractivity contribution in [1.82, 2.24) is 15.5 Å². The normalized spacial score (nSPS) is 20.3. The second kappa shape index (κ2) is 11.0. The van der Waals surface area contributed by atoms with Crippen molar-refractivity contribution in [2.24, 2.45) is 4.99 Å². The van der Waals surface area contributed by atoms with Crippen LogP contribution in [-0.4, -0.2) is 56.3 Å². The highest BCUT2D eigenvalue weighted by atomic mass is 127. The number of nitrogens with zero attached hydrogens (tertiary/aromatic N) is 2. The van der Waals surface area contributed by atoms with Crippen LogP contribution in [0.5, 0.6) is 0 Å². The Hall–Kier alpha value is -1.38. The number of fused-ring (bicyclic) bond motifs is 1. The molecule has 0 spiro atoms. The lowest BCUT2D eigenvalue weighted by atomic mass is 10.0. The monoisotopic (exact) mass is 496 g/mol. The number of nitrogens with one attached hydrogen (secondary N) is 2. The van der Waals surface area contributed by atoms with Crippen LogP contribution >= 0.6 is 24.0 Å². The van der Waals surface area contributed by atoms with Gasteiger partial charge in [0.05, 0.1) is 19.3 Å². The first-order valence-corrected chi connectivity index (χ1v) is 9.88. The number of benzene rings is 2. The SMILES string of the molecule is CN=C(NCC(C)N1CCOCC1C)NC(C)c1ccc2ccccc2c1.I. The largest absolute Gasteiger partial charge is 0.379 e. The molecule has 0 amide bonds. The third kappa shape index (κ3) is 5.81. The van der Waals surface area contributed by atoms with E-state index in [0.717, 1.165) is 32.3 Å². The van der Waals surface area contributed by atoms with Crippen molar-refractivity contribution in [3.8, 4) is 0 Å².